The van der Waals surface area contributed by atoms with Crippen LogP contribution < -0.4 is 20.5 Å². The Labute approximate surface area is 169 Å². The summed E-state index contributed by atoms with van der Waals surface area (Å²) in [6, 6.07) is 7.45. The van der Waals surface area contributed by atoms with Gasteiger partial charge in [0.1, 0.15) is 5.75 Å². The summed E-state index contributed by atoms with van der Waals surface area (Å²) in [4.78, 5) is 24.9. The molecule has 0 aliphatic heterocycles. The summed E-state index contributed by atoms with van der Waals surface area (Å²) in [6.45, 7) is 7.17. The minimum absolute atomic E-state index is 0.0361. The fraction of sp³-hybridized carbons (Fsp3) is 0.333. The maximum absolute atomic E-state index is 12.8. The van der Waals surface area contributed by atoms with E-state index in [-0.39, 0.29) is 35.0 Å². The molecule has 0 saturated carbocycles. The van der Waals surface area contributed by atoms with Crippen LogP contribution in [0.1, 0.15) is 48.4 Å². The number of esters is 1. The van der Waals surface area contributed by atoms with Gasteiger partial charge in [-0.2, -0.15) is 0 Å². The number of nitrogen functional groups attached to an aromatic ring is 1. The zero-order valence-corrected chi connectivity index (χ0v) is 17.1. The molecule has 1 amide bonds. The molecule has 4 N–H and O–H groups in total. The van der Waals surface area contributed by atoms with Gasteiger partial charge in [-0.15, -0.1) is 0 Å². The summed E-state index contributed by atoms with van der Waals surface area (Å²) >= 11 is 0. The van der Waals surface area contributed by atoms with Crippen LogP contribution in [-0.2, 0) is 4.74 Å². The molecule has 2 aromatic rings. The summed E-state index contributed by atoms with van der Waals surface area (Å²) in [6.07, 6.45) is -0.459. The number of nitrogens with one attached hydrogen (secondary N) is 1. The molecule has 29 heavy (non-hydrogen) atoms. The average Bonchev–Trinajstić information content (AvgIpc) is 2.64. The molecule has 8 nitrogen and oxygen atoms in total. The third kappa shape index (κ3) is 5.31. The van der Waals surface area contributed by atoms with Gasteiger partial charge in [0.05, 0.1) is 41.8 Å². The van der Waals surface area contributed by atoms with E-state index in [9.17, 15) is 14.7 Å². The van der Waals surface area contributed by atoms with E-state index in [1.807, 2.05) is 13.8 Å². The highest BCUT2D eigenvalue weighted by molar-refractivity contribution is 6.08. The van der Waals surface area contributed by atoms with E-state index in [0.29, 0.717) is 17.0 Å². The van der Waals surface area contributed by atoms with Crippen LogP contribution in [0.3, 0.4) is 0 Å². The number of phenols is 1. The van der Waals surface area contributed by atoms with Crippen LogP contribution >= 0.6 is 0 Å². The number of carbonyl (C=O) groups excluding carboxylic acids is 2. The van der Waals surface area contributed by atoms with E-state index in [1.165, 1.54) is 31.4 Å². The summed E-state index contributed by atoms with van der Waals surface area (Å²) in [5.74, 6) is -1.07. The Bertz CT molecular complexity index is 908. The lowest BCUT2D eigenvalue weighted by atomic mass is 10.1. The number of methoxy groups -OCH3 is 1. The smallest absolute Gasteiger partial charge is 0.338 e. The second-order valence-corrected chi connectivity index (χ2v) is 6.87. The van der Waals surface area contributed by atoms with Crippen molar-refractivity contribution < 1.29 is 28.9 Å². The van der Waals surface area contributed by atoms with Crippen molar-refractivity contribution in [1.82, 2.24) is 0 Å². The van der Waals surface area contributed by atoms with Crippen molar-refractivity contribution in [1.29, 1.82) is 0 Å². The molecular formula is C21H26N2O6. The highest BCUT2D eigenvalue weighted by atomic mass is 16.5. The Morgan fingerprint density at radius 3 is 2.34 bits per heavy atom. The van der Waals surface area contributed by atoms with Crippen LogP contribution in [0.2, 0.25) is 0 Å². The van der Waals surface area contributed by atoms with E-state index in [2.05, 4.69) is 5.32 Å². The number of benzene rings is 2. The fourth-order valence-electron chi connectivity index (χ4n) is 2.55. The van der Waals surface area contributed by atoms with Crippen LogP contribution in [0.4, 0.5) is 11.4 Å². The lowest BCUT2D eigenvalue weighted by molar-refractivity contribution is 0.0377. The molecule has 8 heteroatoms. The van der Waals surface area contributed by atoms with Gasteiger partial charge in [-0.1, -0.05) is 0 Å². The molecule has 156 valence electrons. The largest absolute Gasteiger partial charge is 0.503 e. The SMILES string of the molecule is COc1c(C(=O)Nc2ccc(C(=O)OC(C)C)cc2OC(C)C)ccc(N)c1O. The second-order valence-electron chi connectivity index (χ2n) is 6.87. The van der Waals surface area contributed by atoms with E-state index < -0.39 is 11.9 Å². The van der Waals surface area contributed by atoms with Crippen molar-refractivity contribution in [3.8, 4) is 17.2 Å². The Hall–Kier alpha value is -3.42. The molecule has 0 spiro atoms. The molecule has 0 aromatic heterocycles. The third-order valence-corrected chi connectivity index (χ3v) is 3.78. The van der Waals surface area contributed by atoms with Crippen LogP contribution in [-0.4, -0.2) is 36.3 Å². The van der Waals surface area contributed by atoms with Crippen molar-refractivity contribution in [3.63, 3.8) is 0 Å². The summed E-state index contributed by atoms with van der Waals surface area (Å²) in [5, 5.41) is 12.7. The zero-order valence-electron chi connectivity index (χ0n) is 17.1. The highest BCUT2D eigenvalue weighted by Crippen LogP contribution is 2.36. The average molecular weight is 402 g/mol. The van der Waals surface area contributed by atoms with E-state index in [1.54, 1.807) is 19.9 Å². The molecule has 0 aliphatic rings. The Balaban J connectivity index is 2.37. The summed E-state index contributed by atoms with van der Waals surface area (Å²) < 4.78 is 16.1. The lowest BCUT2D eigenvalue weighted by Crippen LogP contribution is -2.17. The van der Waals surface area contributed by atoms with Crippen molar-refractivity contribution in [3.05, 3.63) is 41.5 Å². The topological polar surface area (TPSA) is 120 Å². The number of rotatable bonds is 7. The van der Waals surface area contributed by atoms with Crippen LogP contribution in [0.5, 0.6) is 17.2 Å². The van der Waals surface area contributed by atoms with Gasteiger partial charge < -0.3 is 30.4 Å². The number of phenolic OH excluding ortho intramolecular Hbond substituents is 1. The molecule has 2 aromatic carbocycles. The Morgan fingerprint density at radius 2 is 1.76 bits per heavy atom. The molecular weight excluding hydrogens is 376 g/mol. The number of aromatic hydroxyl groups is 1. The molecule has 0 atom stereocenters. The maximum Gasteiger partial charge on any atom is 0.338 e. The predicted octanol–water partition coefficient (Wildman–Crippen LogP) is 3.59. The third-order valence-electron chi connectivity index (χ3n) is 3.78. The number of carbonyl (C=O) groups is 2. The van der Waals surface area contributed by atoms with Crippen LogP contribution in [0, 0.1) is 0 Å². The molecule has 2 rings (SSSR count). The molecule has 0 heterocycles. The molecule has 0 radical (unpaired) electrons. The first-order valence-electron chi connectivity index (χ1n) is 9.12. The van der Waals surface area contributed by atoms with Crippen molar-refractivity contribution >= 4 is 23.3 Å². The molecule has 0 fully saturated rings. The van der Waals surface area contributed by atoms with Gasteiger partial charge in [0, 0.05) is 0 Å². The monoisotopic (exact) mass is 402 g/mol. The standard InChI is InChI=1S/C21H26N2O6/c1-11(2)28-17-10-13(21(26)29-12(3)4)6-9-16(17)23-20(25)14-7-8-15(22)18(24)19(14)27-5/h6-12,24H,22H2,1-5H3,(H,23,25). The van der Waals surface area contributed by atoms with Crippen molar-refractivity contribution in [2.45, 2.75) is 39.9 Å². The highest BCUT2D eigenvalue weighted by Gasteiger charge is 2.20. The second kappa shape index (κ2) is 9.18. The first kappa shape index (κ1) is 21.9. The van der Waals surface area contributed by atoms with Crippen molar-refractivity contribution in [2.75, 3.05) is 18.2 Å². The van der Waals surface area contributed by atoms with E-state index in [4.69, 9.17) is 19.9 Å². The maximum atomic E-state index is 12.8. The Kier molecular flexibility index (Phi) is 6.93. The summed E-state index contributed by atoms with van der Waals surface area (Å²) in [5.41, 5.74) is 6.49. The number of nitrogens with two attached hydrogens (primary N) is 1. The van der Waals surface area contributed by atoms with Crippen molar-refractivity contribution in [2.24, 2.45) is 0 Å². The zero-order chi connectivity index (χ0) is 21.7. The van der Waals surface area contributed by atoms with Gasteiger partial charge >= 0.3 is 5.97 Å². The molecule has 0 bridgehead atoms. The van der Waals surface area contributed by atoms with Gasteiger partial charge in [-0.05, 0) is 58.0 Å². The lowest BCUT2D eigenvalue weighted by Gasteiger charge is -2.17. The van der Waals surface area contributed by atoms with Crippen LogP contribution in [0.15, 0.2) is 30.3 Å². The number of hydrogen-bond donors (Lipinski definition) is 3. The minimum Gasteiger partial charge on any atom is -0.503 e. The number of hydrogen-bond acceptors (Lipinski definition) is 7. The fourth-order valence-corrected chi connectivity index (χ4v) is 2.55. The first-order valence-corrected chi connectivity index (χ1v) is 9.12. The molecule has 0 aliphatic carbocycles. The van der Waals surface area contributed by atoms with E-state index in [0.717, 1.165) is 0 Å². The number of anilines is 2. The first-order chi connectivity index (χ1) is 13.6. The van der Waals surface area contributed by atoms with Gasteiger partial charge in [-0.3, -0.25) is 4.79 Å². The molecule has 0 unspecified atom stereocenters. The van der Waals surface area contributed by atoms with Crippen LogP contribution in [0.25, 0.3) is 0 Å². The normalized spacial score (nSPS) is 10.7. The predicted molar refractivity (Wildman–Crippen MR) is 110 cm³/mol. The summed E-state index contributed by atoms with van der Waals surface area (Å²) in [7, 11) is 1.33. The minimum atomic E-state index is -0.539. The number of amides is 1. The Morgan fingerprint density at radius 1 is 1.07 bits per heavy atom. The van der Waals surface area contributed by atoms with Gasteiger partial charge in [-0.25, -0.2) is 4.79 Å². The van der Waals surface area contributed by atoms with Gasteiger partial charge in [0.2, 0.25) is 0 Å². The van der Waals surface area contributed by atoms with E-state index >= 15 is 0 Å². The number of ether oxygens (including phenoxy) is 3. The van der Waals surface area contributed by atoms with Gasteiger partial charge in [0.25, 0.3) is 5.91 Å². The quantitative estimate of drug-likeness (QED) is 0.368. The van der Waals surface area contributed by atoms with Gasteiger partial charge in [0.15, 0.2) is 11.5 Å². The molecule has 0 saturated heterocycles.